The number of benzene rings is 3. The molecule has 5 aromatic rings. The van der Waals surface area contributed by atoms with Crippen LogP contribution in [0.4, 0.5) is 5.69 Å². The summed E-state index contributed by atoms with van der Waals surface area (Å²) in [5.74, 6) is 1.87. The van der Waals surface area contributed by atoms with Gasteiger partial charge in [-0.25, -0.2) is 4.98 Å². The van der Waals surface area contributed by atoms with Gasteiger partial charge in [-0.15, -0.1) is 0 Å². The first-order valence-corrected chi connectivity index (χ1v) is 10.9. The van der Waals surface area contributed by atoms with E-state index in [4.69, 9.17) is 32.0 Å². The molecule has 0 amide bonds. The average molecular weight is 512 g/mol. The normalized spacial score (nSPS) is 11.6. The van der Waals surface area contributed by atoms with Crippen LogP contribution in [0.2, 0.25) is 10.0 Å². The van der Waals surface area contributed by atoms with E-state index >= 15 is 0 Å². The van der Waals surface area contributed by atoms with Gasteiger partial charge in [0.25, 0.3) is 0 Å². The lowest BCUT2D eigenvalue weighted by Crippen LogP contribution is -1.79. The number of rotatable bonds is 4. The van der Waals surface area contributed by atoms with Gasteiger partial charge in [0.2, 0.25) is 5.89 Å². The quantitative estimate of drug-likeness (QED) is 0.227. The molecule has 0 aliphatic carbocycles. The van der Waals surface area contributed by atoms with E-state index in [1.54, 1.807) is 24.4 Å². The first-order valence-electron chi connectivity index (χ1n) is 9.31. The van der Waals surface area contributed by atoms with Crippen molar-refractivity contribution in [3.8, 4) is 22.8 Å². The third-order valence-electron chi connectivity index (χ3n) is 4.61. The van der Waals surface area contributed by atoms with Gasteiger partial charge in [0, 0.05) is 15.1 Å². The summed E-state index contributed by atoms with van der Waals surface area (Å²) in [4.78, 5) is 9.05. The highest BCUT2D eigenvalue weighted by Gasteiger charge is 2.12. The highest BCUT2D eigenvalue weighted by molar-refractivity contribution is 9.10. The predicted octanol–water partition coefficient (Wildman–Crippen LogP) is 8.57. The molecule has 0 atom stereocenters. The van der Waals surface area contributed by atoms with Gasteiger partial charge in [-0.2, -0.15) is 0 Å². The summed E-state index contributed by atoms with van der Waals surface area (Å²) in [5, 5.41) is 1.04. The highest BCUT2D eigenvalue weighted by atomic mass is 79.9. The van der Waals surface area contributed by atoms with Crippen molar-refractivity contribution in [1.82, 2.24) is 4.98 Å². The Balaban J connectivity index is 1.40. The van der Waals surface area contributed by atoms with Crippen molar-refractivity contribution in [2.24, 2.45) is 4.99 Å². The number of hydrogen-bond acceptors (Lipinski definition) is 4. The van der Waals surface area contributed by atoms with Crippen molar-refractivity contribution >= 4 is 62.1 Å². The number of halogens is 3. The number of oxazole rings is 1. The maximum absolute atomic E-state index is 6.27. The zero-order valence-electron chi connectivity index (χ0n) is 15.9. The number of hydrogen-bond donors (Lipinski definition) is 0. The predicted molar refractivity (Wildman–Crippen MR) is 129 cm³/mol. The van der Waals surface area contributed by atoms with Gasteiger partial charge in [-0.1, -0.05) is 51.3 Å². The number of nitrogens with zero attached hydrogens (tertiary/aromatic N) is 2. The molecule has 0 radical (unpaired) electrons. The molecular formula is C24H13BrCl2N2O2. The maximum Gasteiger partial charge on any atom is 0.228 e. The molecule has 3 aromatic carbocycles. The molecule has 7 heteroatoms. The van der Waals surface area contributed by atoms with Gasteiger partial charge in [0.1, 0.15) is 17.0 Å². The van der Waals surface area contributed by atoms with Crippen LogP contribution in [0.15, 0.2) is 91.1 Å². The fourth-order valence-electron chi connectivity index (χ4n) is 3.13. The maximum atomic E-state index is 6.27. The minimum Gasteiger partial charge on any atom is -0.455 e. The second-order valence-corrected chi connectivity index (χ2v) is 8.53. The zero-order valence-corrected chi connectivity index (χ0v) is 18.9. The van der Waals surface area contributed by atoms with Crippen LogP contribution in [0.5, 0.6) is 0 Å². The van der Waals surface area contributed by atoms with E-state index in [0.29, 0.717) is 38.4 Å². The molecule has 0 aliphatic rings. The molecule has 0 aliphatic heterocycles. The third kappa shape index (κ3) is 4.30. The summed E-state index contributed by atoms with van der Waals surface area (Å²) >= 11 is 15.7. The van der Waals surface area contributed by atoms with Gasteiger partial charge in [0.15, 0.2) is 5.58 Å². The number of aromatic nitrogens is 1. The lowest BCUT2D eigenvalue weighted by molar-refractivity contribution is 0.575. The van der Waals surface area contributed by atoms with Gasteiger partial charge in [0.05, 0.1) is 22.5 Å². The molecule has 31 heavy (non-hydrogen) atoms. The van der Waals surface area contributed by atoms with Crippen molar-refractivity contribution in [2.75, 3.05) is 0 Å². The van der Waals surface area contributed by atoms with Crippen molar-refractivity contribution in [3.05, 3.63) is 93.1 Å². The minimum absolute atomic E-state index is 0.433. The Morgan fingerprint density at radius 2 is 1.81 bits per heavy atom. The van der Waals surface area contributed by atoms with Crippen molar-refractivity contribution in [1.29, 1.82) is 0 Å². The van der Waals surface area contributed by atoms with Crippen LogP contribution in [0.1, 0.15) is 5.76 Å². The molecule has 0 unspecified atom stereocenters. The third-order valence-corrected chi connectivity index (χ3v) is 5.65. The lowest BCUT2D eigenvalue weighted by Gasteiger charge is -1.98. The van der Waals surface area contributed by atoms with Crippen LogP contribution in [0.25, 0.3) is 33.9 Å². The summed E-state index contributed by atoms with van der Waals surface area (Å²) in [5.41, 5.74) is 3.74. The minimum atomic E-state index is 0.433. The van der Waals surface area contributed by atoms with Gasteiger partial charge >= 0.3 is 0 Å². The summed E-state index contributed by atoms with van der Waals surface area (Å²) in [6.07, 6.45) is 1.68. The average Bonchev–Trinajstić information content (AvgIpc) is 3.39. The number of furan rings is 1. The second-order valence-electron chi connectivity index (χ2n) is 6.77. The Morgan fingerprint density at radius 1 is 0.903 bits per heavy atom. The van der Waals surface area contributed by atoms with E-state index in [1.807, 2.05) is 54.6 Å². The molecule has 5 rings (SSSR count). The van der Waals surface area contributed by atoms with E-state index in [9.17, 15) is 0 Å². The fourth-order valence-corrected chi connectivity index (χ4v) is 4.02. The van der Waals surface area contributed by atoms with Crippen LogP contribution < -0.4 is 0 Å². The Morgan fingerprint density at radius 3 is 2.65 bits per heavy atom. The summed E-state index contributed by atoms with van der Waals surface area (Å²) < 4.78 is 12.7. The second kappa shape index (κ2) is 8.35. The summed E-state index contributed by atoms with van der Waals surface area (Å²) in [6, 6.07) is 22.5. The lowest BCUT2D eigenvalue weighted by atomic mass is 10.2. The summed E-state index contributed by atoms with van der Waals surface area (Å²) in [6.45, 7) is 0. The van der Waals surface area contributed by atoms with Crippen LogP contribution in [0, 0.1) is 0 Å². The molecule has 0 fully saturated rings. The molecular weight excluding hydrogens is 499 g/mol. The van der Waals surface area contributed by atoms with Crippen LogP contribution in [-0.2, 0) is 0 Å². The van der Waals surface area contributed by atoms with Crippen molar-refractivity contribution < 1.29 is 8.83 Å². The van der Waals surface area contributed by atoms with Crippen LogP contribution in [-0.4, -0.2) is 11.2 Å². The zero-order chi connectivity index (χ0) is 21.4. The monoisotopic (exact) mass is 510 g/mol. The van der Waals surface area contributed by atoms with E-state index < -0.39 is 0 Å². The molecule has 2 heterocycles. The first-order chi connectivity index (χ1) is 15.0. The van der Waals surface area contributed by atoms with E-state index in [0.717, 1.165) is 21.5 Å². The largest absolute Gasteiger partial charge is 0.455 e. The van der Waals surface area contributed by atoms with E-state index in [1.165, 1.54) is 0 Å². The molecule has 0 saturated heterocycles. The molecule has 0 saturated carbocycles. The molecule has 2 aromatic heterocycles. The van der Waals surface area contributed by atoms with Gasteiger partial charge in [-0.05, 0) is 60.7 Å². The molecule has 0 bridgehead atoms. The number of aliphatic imine (C=N–C) groups is 1. The Kier molecular flexibility index (Phi) is 5.40. The Bertz CT molecular complexity index is 1440. The SMILES string of the molecule is Clc1ccc(-c2nc3cc(N=Cc4ccc(-c5cccc(Br)c5)o4)ccc3o2)c(Cl)c1. The number of fused-ring (bicyclic) bond motifs is 1. The van der Waals surface area contributed by atoms with E-state index in [-0.39, 0.29) is 0 Å². The Labute approximate surface area is 196 Å². The first kappa shape index (κ1) is 20.1. The van der Waals surface area contributed by atoms with Gasteiger partial charge in [-0.3, -0.25) is 4.99 Å². The van der Waals surface area contributed by atoms with E-state index in [2.05, 4.69) is 25.9 Å². The standard InChI is InChI=1S/C24H13BrCl2N2O2/c25-15-3-1-2-14(10-15)22-9-6-18(30-22)13-28-17-5-8-23-21(12-17)29-24(31-23)19-7-4-16(26)11-20(19)27/h1-13H. The molecule has 152 valence electrons. The van der Waals surface area contributed by atoms with Crippen molar-refractivity contribution in [3.63, 3.8) is 0 Å². The Hall–Kier alpha value is -2.86. The van der Waals surface area contributed by atoms with Crippen LogP contribution in [0.3, 0.4) is 0 Å². The molecule has 0 N–H and O–H groups in total. The van der Waals surface area contributed by atoms with Crippen LogP contribution >= 0.6 is 39.1 Å². The van der Waals surface area contributed by atoms with Crippen molar-refractivity contribution in [2.45, 2.75) is 0 Å². The highest BCUT2D eigenvalue weighted by Crippen LogP contribution is 2.33. The molecule has 0 spiro atoms. The smallest absolute Gasteiger partial charge is 0.228 e. The topological polar surface area (TPSA) is 51.5 Å². The fraction of sp³-hybridized carbons (Fsp3) is 0. The molecule has 4 nitrogen and oxygen atoms in total. The summed E-state index contributed by atoms with van der Waals surface area (Å²) in [7, 11) is 0. The van der Waals surface area contributed by atoms with Gasteiger partial charge < -0.3 is 8.83 Å².